The molecule has 2 amide bonds. The fourth-order valence-corrected chi connectivity index (χ4v) is 3.00. The number of hydrogen-bond acceptors (Lipinski definition) is 4. The predicted molar refractivity (Wildman–Crippen MR) is 91.7 cm³/mol. The number of rotatable bonds is 2. The molecular weight excluding hydrogens is 325 g/mol. The molecule has 0 radical (unpaired) electrons. The average Bonchev–Trinajstić information content (AvgIpc) is 2.80. The third-order valence-electron chi connectivity index (χ3n) is 4.62. The molecule has 25 heavy (non-hydrogen) atoms. The van der Waals surface area contributed by atoms with Gasteiger partial charge >= 0.3 is 6.03 Å². The summed E-state index contributed by atoms with van der Waals surface area (Å²) in [4.78, 5) is 14.1. The molecule has 0 spiro atoms. The van der Waals surface area contributed by atoms with Gasteiger partial charge < -0.3 is 14.5 Å². The molecule has 0 bridgehead atoms. The largest absolute Gasteiger partial charge is 0.390 e. The lowest BCUT2D eigenvalue weighted by molar-refractivity contribution is 0.0458. The molecule has 2 aromatic rings. The van der Waals surface area contributed by atoms with Crippen molar-refractivity contribution in [2.75, 3.05) is 18.4 Å². The lowest BCUT2D eigenvalue weighted by Gasteiger charge is -2.22. The first-order valence-electron chi connectivity index (χ1n) is 8.37. The van der Waals surface area contributed by atoms with Crippen molar-refractivity contribution in [3.63, 3.8) is 0 Å². The minimum atomic E-state index is -0.739. The number of aromatic nitrogens is 1. The molecule has 1 saturated heterocycles. The van der Waals surface area contributed by atoms with Crippen LogP contribution in [0, 0.1) is 12.7 Å². The summed E-state index contributed by atoms with van der Waals surface area (Å²) in [6.45, 7) is 4.55. The number of nitrogens with one attached hydrogen (secondary N) is 1. The normalized spacial score (nSPS) is 21.0. The Hall–Kier alpha value is -2.41. The van der Waals surface area contributed by atoms with Crippen LogP contribution in [0.5, 0.6) is 0 Å². The van der Waals surface area contributed by atoms with Crippen molar-refractivity contribution in [1.82, 2.24) is 10.1 Å². The number of hydrogen-bond donors (Lipinski definition) is 2. The van der Waals surface area contributed by atoms with Crippen molar-refractivity contribution in [3.05, 3.63) is 35.6 Å². The number of carbonyl (C=O) groups excluding carboxylic acids is 1. The fraction of sp³-hybridized carbons (Fsp3) is 0.444. The quantitative estimate of drug-likeness (QED) is 0.871. The molecule has 0 aliphatic carbocycles. The van der Waals surface area contributed by atoms with E-state index in [0.29, 0.717) is 42.8 Å². The number of amides is 2. The van der Waals surface area contributed by atoms with E-state index in [1.165, 1.54) is 6.07 Å². The summed E-state index contributed by atoms with van der Waals surface area (Å²) in [5.41, 5.74) is 0.135. The van der Waals surface area contributed by atoms with Gasteiger partial charge in [0.05, 0.1) is 11.2 Å². The molecule has 1 fully saturated rings. The first-order valence-corrected chi connectivity index (χ1v) is 8.37. The van der Waals surface area contributed by atoms with Gasteiger partial charge in [0.1, 0.15) is 5.82 Å². The van der Waals surface area contributed by atoms with Gasteiger partial charge in [-0.2, -0.15) is 0 Å². The van der Waals surface area contributed by atoms with E-state index in [0.717, 1.165) is 6.42 Å². The van der Waals surface area contributed by atoms with Crippen LogP contribution in [0.3, 0.4) is 0 Å². The Balaban J connectivity index is 1.74. The van der Waals surface area contributed by atoms with Crippen molar-refractivity contribution in [2.24, 2.45) is 0 Å². The van der Waals surface area contributed by atoms with E-state index in [9.17, 15) is 14.3 Å². The van der Waals surface area contributed by atoms with Crippen LogP contribution in [0.1, 0.15) is 31.7 Å². The van der Waals surface area contributed by atoms with Crippen LogP contribution in [-0.4, -0.2) is 39.9 Å². The first-order chi connectivity index (χ1) is 11.9. The molecule has 1 aliphatic heterocycles. The van der Waals surface area contributed by atoms with Crippen molar-refractivity contribution < 1.29 is 18.8 Å². The summed E-state index contributed by atoms with van der Waals surface area (Å²) in [5.74, 6) is 0.167. The van der Waals surface area contributed by atoms with E-state index in [1.54, 1.807) is 36.9 Å². The highest BCUT2D eigenvalue weighted by atomic mass is 19.1. The zero-order valence-electron chi connectivity index (χ0n) is 14.4. The monoisotopic (exact) mass is 347 g/mol. The number of anilines is 1. The van der Waals surface area contributed by atoms with Crippen LogP contribution in [0.15, 0.2) is 28.8 Å². The Morgan fingerprint density at radius 3 is 2.88 bits per heavy atom. The highest BCUT2D eigenvalue weighted by molar-refractivity contribution is 5.90. The molecule has 3 rings (SSSR count). The topological polar surface area (TPSA) is 78.6 Å². The number of nitrogens with zero attached hydrogens (tertiary/aromatic N) is 2. The second kappa shape index (κ2) is 6.84. The van der Waals surface area contributed by atoms with Gasteiger partial charge in [0.2, 0.25) is 0 Å². The van der Waals surface area contributed by atoms with E-state index >= 15 is 0 Å². The zero-order chi connectivity index (χ0) is 18.0. The van der Waals surface area contributed by atoms with Crippen molar-refractivity contribution >= 4 is 11.8 Å². The van der Waals surface area contributed by atoms with Crippen molar-refractivity contribution in [3.8, 4) is 11.3 Å². The lowest BCUT2D eigenvalue weighted by atomic mass is 9.98. The molecular formula is C18H22FN3O3. The molecule has 1 aliphatic rings. The Morgan fingerprint density at radius 2 is 2.12 bits per heavy atom. The van der Waals surface area contributed by atoms with Gasteiger partial charge in [0.15, 0.2) is 11.6 Å². The second-order valence-corrected chi connectivity index (χ2v) is 6.73. The van der Waals surface area contributed by atoms with Crippen molar-refractivity contribution in [1.29, 1.82) is 0 Å². The predicted octanol–water partition coefficient (Wildman–Crippen LogP) is 3.56. The molecule has 134 valence electrons. The summed E-state index contributed by atoms with van der Waals surface area (Å²) in [5, 5.41) is 16.7. The van der Waals surface area contributed by atoms with Gasteiger partial charge in [-0.1, -0.05) is 17.3 Å². The van der Waals surface area contributed by atoms with Crippen LogP contribution >= 0.6 is 0 Å². The maximum atomic E-state index is 13.9. The van der Waals surface area contributed by atoms with E-state index < -0.39 is 11.4 Å². The van der Waals surface area contributed by atoms with Crippen LogP contribution in [-0.2, 0) is 0 Å². The molecule has 2 heterocycles. The van der Waals surface area contributed by atoms with E-state index in [1.807, 2.05) is 0 Å². The Morgan fingerprint density at radius 1 is 1.36 bits per heavy atom. The summed E-state index contributed by atoms with van der Waals surface area (Å²) in [7, 11) is 0. The number of benzene rings is 1. The summed E-state index contributed by atoms with van der Waals surface area (Å²) in [6.07, 6.45) is 1.93. The third-order valence-corrected chi connectivity index (χ3v) is 4.62. The van der Waals surface area contributed by atoms with Gasteiger partial charge in [-0.05, 0) is 45.2 Å². The smallest absolute Gasteiger partial charge is 0.323 e. The Bertz CT molecular complexity index is 773. The molecule has 2 N–H and O–H groups in total. The second-order valence-electron chi connectivity index (χ2n) is 6.73. The van der Waals surface area contributed by atoms with Crippen LogP contribution < -0.4 is 5.32 Å². The van der Waals surface area contributed by atoms with Gasteiger partial charge in [-0.15, -0.1) is 0 Å². The minimum Gasteiger partial charge on any atom is -0.390 e. The standard InChI is InChI=1S/C18H22FN3O3/c1-12-15(13-6-3-4-7-14(13)19)25-21-16(12)20-17(23)22-10-5-8-18(2,24)9-11-22/h3-4,6-7,24H,5,8-11H2,1-2H3,(H,20,21,23). The number of likely N-dealkylation sites (tertiary alicyclic amines) is 1. The Labute approximate surface area is 145 Å². The minimum absolute atomic E-state index is 0.277. The molecule has 1 atom stereocenters. The van der Waals surface area contributed by atoms with Gasteiger partial charge in [-0.25, -0.2) is 9.18 Å². The number of halogens is 1. The van der Waals surface area contributed by atoms with Crippen LogP contribution in [0.4, 0.5) is 15.0 Å². The molecule has 1 aromatic heterocycles. The van der Waals surface area contributed by atoms with Crippen LogP contribution in [0.2, 0.25) is 0 Å². The molecule has 1 aromatic carbocycles. The third kappa shape index (κ3) is 3.82. The number of urea groups is 1. The molecule has 6 nitrogen and oxygen atoms in total. The highest BCUT2D eigenvalue weighted by Crippen LogP contribution is 2.30. The lowest BCUT2D eigenvalue weighted by Crippen LogP contribution is -2.36. The van der Waals surface area contributed by atoms with Crippen LogP contribution in [0.25, 0.3) is 11.3 Å². The SMILES string of the molecule is Cc1c(NC(=O)N2CCCC(C)(O)CC2)noc1-c1ccccc1F. The highest BCUT2D eigenvalue weighted by Gasteiger charge is 2.28. The number of carbonyl (C=O) groups is 1. The number of aliphatic hydroxyl groups is 1. The summed E-state index contributed by atoms with van der Waals surface area (Å²) >= 11 is 0. The van der Waals surface area contributed by atoms with E-state index in [2.05, 4.69) is 10.5 Å². The summed E-state index contributed by atoms with van der Waals surface area (Å²) in [6, 6.07) is 5.96. The molecule has 1 unspecified atom stereocenters. The van der Waals surface area contributed by atoms with Gasteiger partial charge in [0.25, 0.3) is 0 Å². The molecule has 7 heteroatoms. The Kier molecular flexibility index (Phi) is 4.76. The maximum absolute atomic E-state index is 13.9. The molecule has 0 saturated carbocycles. The summed E-state index contributed by atoms with van der Waals surface area (Å²) < 4.78 is 19.2. The average molecular weight is 347 g/mol. The van der Waals surface area contributed by atoms with E-state index in [4.69, 9.17) is 4.52 Å². The first kappa shape index (κ1) is 17.4. The fourth-order valence-electron chi connectivity index (χ4n) is 3.00. The van der Waals surface area contributed by atoms with Gasteiger partial charge in [0, 0.05) is 18.7 Å². The van der Waals surface area contributed by atoms with Crippen molar-refractivity contribution in [2.45, 2.75) is 38.7 Å². The van der Waals surface area contributed by atoms with E-state index in [-0.39, 0.29) is 11.8 Å². The zero-order valence-corrected chi connectivity index (χ0v) is 14.4. The van der Waals surface area contributed by atoms with Gasteiger partial charge in [-0.3, -0.25) is 5.32 Å². The maximum Gasteiger partial charge on any atom is 0.323 e.